The first kappa shape index (κ1) is 9.78. The lowest BCUT2D eigenvalue weighted by Crippen LogP contribution is -1.86. The molecular weight excluding hydrogens is 218 g/mol. The molecule has 0 N–H and O–H groups in total. The minimum absolute atomic E-state index is 1.04. The molecule has 0 saturated carbocycles. The van der Waals surface area contributed by atoms with Crippen LogP contribution in [-0.4, -0.2) is 10.5 Å². The molecule has 1 rings (SSSR count). The van der Waals surface area contributed by atoms with E-state index in [4.69, 9.17) is 4.52 Å². The lowest BCUT2D eigenvalue weighted by atomic mass is 10.1. The van der Waals surface area contributed by atoms with E-state index < -0.39 is 0 Å². The van der Waals surface area contributed by atoms with Crippen molar-refractivity contribution in [2.24, 2.45) is 0 Å². The molecular formula is C9H14BrNO. The fraction of sp³-hybridized carbons (Fsp3) is 0.667. The van der Waals surface area contributed by atoms with Crippen LogP contribution < -0.4 is 0 Å². The maximum absolute atomic E-state index is 4.84. The molecule has 2 nitrogen and oxygen atoms in total. The van der Waals surface area contributed by atoms with Crippen molar-refractivity contribution >= 4 is 15.9 Å². The molecule has 0 spiro atoms. The lowest BCUT2D eigenvalue weighted by molar-refractivity contribution is 0.414. The van der Waals surface area contributed by atoms with Crippen LogP contribution in [0.1, 0.15) is 30.5 Å². The number of aromatic nitrogens is 1. The molecule has 0 aliphatic rings. The summed E-state index contributed by atoms with van der Waals surface area (Å²) in [5, 5.41) is 4.94. The molecule has 1 aromatic rings. The average molecular weight is 232 g/mol. The molecule has 1 heterocycles. The van der Waals surface area contributed by atoms with Gasteiger partial charge in [0.25, 0.3) is 0 Å². The third-order valence-electron chi connectivity index (χ3n) is 1.93. The van der Waals surface area contributed by atoms with Crippen molar-refractivity contribution in [1.29, 1.82) is 0 Å². The molecule has 12 heavy (non-hydrogen) atoms. The van der Waals surface area contributed by atoms with Crippen LogP contribution >= 0.6 is 15.9 Å². The van der Waals surface area contributed by atoms with Gasteiger partial charge in [-0.3, -0.25) is 0 Å². The first-order valence-electron chi connectivity index (χ1n) is 4.30. The van der Waals surface area contributed by atoms with E-state index in [0.717, 1.165) is 17.4 Å². The summed E-state index contributed by atoms with van der Waals surface area (Å²) in [6.07, 6.45) is 6.61. The van der Waals surface area contributed by atoms with E-state index >= 15 is 0 Å². The van der Waals surface area contributed by atoms with Crippen LogP contribution in [0.15, 0.2) is 10.8 Å². The number of aryl methyl sites for hydroxylation is 2. The third kappa shape index (κ3) is 2.97. The van der Waals surface area contributed by atoms with E-state index in [1.807, 2.05) is 6.92 Å². The number of hydrogen-bond acceptors (Lipinski definition) is 2. The minimum atomic E-state index is 1.04. The second-order valence-corrected chi connectivity index (χ2v) is 3.72. The van der Waals surface area contributed by atoms with Crippen LogP contribution in [0.25, 0.3) is 0 Å². The predicted octanol–water partition coefficient (Wildman–Crippen LogP) is 3.09. The Labute approximate surface area is 81.5 Å². The highest BCUT2D eigenvalue weighted by atomic mass is 79.9. The Kier molecular flexibility index (Phi) is 4.36. The largest absolute Gasteiger partial charge is 0.364 e. The van der Waals surface area contributed by atoms with Crippen molar-refractivity contribution < 1.29 is 4.52 Å². The molecule has 0 atom stereocenters. The second kappa shape index (κ2) is 5.36. The van der Waals surface area contributed by atoms with Gasteiger partial charge in [0.15, 0.2) is 0 Å². The van der Waals surface area contributed by atoms with E-state index in [-0.39, 0.29) is 0 Å². The number of unbranched alkanes of at least 4 members (excludes halogenated alkanes) is 2. The highest BCUT2D eigenvalue weighted by Crippen LogP contribution is 2.10. The quantitative estimate of drug-likeness (QED) is 0.575. The summed E-state index contributed by atoms with van der Waals surface area (Å²) in [6, 6.07) is 0. The highest BCUT2D eigenvalue weighted by Gasteiger charge is 2.01. The molecule has 0 aliphatic heterocycles. The first-order chi connectivity index (χ1) is 5.84. The fourth-order valence-corrected chi connectivity index (χ4v) is 1.54. The van der Waals surface area contributed by atoms with Crippen molar-refractivity contribution in [2.45, 2.75) is 32.6 Å². The van der Waals surface area contributed by atoms with E-state index in [0.29, 0.717) is 0 Å². The minimum Gasteiger partial charge on any atom is -0.364 e. The van der Waals surface area contributed by atoms with Crippen molar-refractivity contribution in [3.05, 3.63) is 17.5 Å². The van der Waals surface area contributed by atoms with Gasteiger partial charge in [0.05, 0.1) is 5.69 Å². The summed E-state index contributed by atoms with van der Waals surface area (Å²) >= 11 is 3.41. The van der Waals surface area contributed by atoms with Gasteiger partial charge < -0.3 is 4.52 Å². The van der Waals surface area contributed by atoms with Crippen LogP contribution in [-0.2, 0) is 6.42 Å². The summed E-state index contributed by atoms with van der Waals surface area (Å²) in [6.45, 7) is 1.99. The van der Waals surface area contributed by atoms with Crippen molar-refractivity contribution in [1.82, 2.24) is 5.16 Å². The van der Waals surface area contributed by atoms with Crippen molar-refractivity contribution in [3.63, 3.8) is 0 Å². The Morgan fingerprint density at radius 2 is 2.25 bits per heavy atom. The zero-order valence-electron chi connectivity index (χ0n) is 7.35. The van der Waals surface area contributed by atoms with Gasteiger partial charge in [-0.25, -0.2) is 0 Å². The molecule has 0 aliphatic carbocycles. The van der Waals surface area contributed by atoms with Gasteiger partial charge in [-0.2, -0.15) is 0 Å². The zero-order valence-corrected chi connectivity index (χ0v) is 8.93. The molecule has 0 radical (unpaired) electrons. The molecule has 1 aromatic heterocycles. The Hall–Kier alpha value is -0.310. The van der Waals surface area contributed by atoms with Crippen LogP contribution in [0.5, 0.6) is 0 Å². The predicted molar refractivity (Wildman–Crippen MR) is 52.6 cm³/mol. The van der Waals surface area contributed by atoms with E-state index in [1.165, 1.54) is 24.8 Å². The zero-order chi connectivity index (χ0) is 8.81. The SMILES string of the molecule is Cc1nocc1CCCCCBr. The maximum atomic E-state index is 4.84. The van der Waals surface area contributed by atoms with Gasteiger partial charge in [0.1, 0.15) is 6.26 Å². The fourth-order valence-electron chi connectivity index (χ4n) is 1.14. The van der Waals surface area contributed by atoms with Crippen LogP contribution in [0.3, 0.4) is 0 Å². The van der Waals surface area contributed by atoms with Crippen LogP contribution in [0.2, 0.25) is 0 Å². The number of rotatable bonds is 5. The number of hydrogen-bond donors (Lipinski definition) is 0. The van der Waals surface area contributed by atoms with Gasteiger partial charge in [-0.15, -0.1) is 0 Å². The lowest BCUT2D eigenvalue weighted by Gasteiger charge is -1.96. The van der Waals surface area contributed by atoms with Crippen molar-refractivity contribution in [2.75, 3.05) is 5.33 Å². The van der Waals surface area contributed by atoms with Crippen molar-refractivity contribution in [3.8, 4) is 0 Å². The Bertz CT molecular complexity index is 222. The molecule has 0 fully saturated rings. The summed E-state index contributed by atoms with van der Waals surface area (Å²) < 4.78 is 4.84. The average Bonchev–Trinajstić information content (AvgIpc) is 2.46. The van der Waals surface area contributed by atoms with E-state index in [1.54, 1.807) is 6.26 Å². The monoisotopic (exact) mass is 231 g/mol. The molecule has 0 amide bonds. The maximum Gasteiger partial charge on any atom is 0.127 e. The molecule has 0 bridgehead atoms. The molecule has 0 unspecified atom stereocenters. The van der Waals surface area contributed by atoms with E-state index in [2.05, 4.69) is 21.1 Å². The van der Waals surface area contributed by atoms with Gasteiger partial charge in [0.2, 0.25) is 0 Å². The topological polar surface area (TPSA) is 26.0 Å². The van der Waals surface area contributed by atoms with Crippen LogP contribution in [0.4, 0.5) is 0 Å². The summed E-state index contributed by atoms with van der Waals surface area (Å²) in [4.78, 5) is 0. The third-order valence-corrected chi connectivity index (χ3v) is 2.49. The number of alkyl halides is 1. The van der Waals surface area contributed by atoms with Gasteiger partial charge in [0, 0.05) is 10.9 Å². The Morgan fingerprint density at radius 1 is 1.42 bits per heavy atom. The number of nitrogens with zero attached hydrogens (tertiary/aromatic N) is 1. The second-order valence-electron chi connectivity index (χ2n) is 2.92. The Morgan fingerprint density at radius 3 is 2.83 bits per heavy atom. The first-order valence-corrected chi connectivity index (χ1v) is 5.42. The smallest absolute Gasteiger partial charge is 0.127 e. The highest BCUT2D eigenvalue weighted by molar-refractivity contribution is 9.09. The normalized spacial score (nSPS) is 10.5. The van der Waals surface area contributed by atoms with Gasteiger partial charge in [-0.1, -0.05) is 27.5 Å². The summed E-state index contributed by atoms with van der Waals surface area (Å²) in [7, 11) is 0. The molecule has 68 valence electrons. The number of halogens is 1. The van der Waals surface area contributed by atoms with Gasteiger partial charge in [-0.05, 0) is 26.2 Å². The Balaban J connectivity index is 2.20. The van der Waals surface area contributed by atoms with E-state index in [9.17, 15) is 0 Å². The molecule has 0 aromatic carbocycles. The van der Waals surface area contributed by atoms with Gasteiger partial charge >= 0.3 is 0 Å². The summed E-state index contributed by atoms with van der Waals surface area (Å²) in [5.41, 5.74) is 2.29. The standard InChI is InChI=1S/C9H14BrNO/c1-8-9(7-12-11-8)5-3-2-4-6-10/h7H,2-6H2,1H3. The van der Waals surface area contributed by atoms with Crippen LogP contribution in [0, 0.1) is 6.92 Å². The summed E-state index contributed by atoms with van der Waals surface area (Å²) in [5.74, 6) is 0. The molecule has 0 saturated heterocycles. The molecule has 3 heteroatoms.